The Morgan fingerprint density at radius 1 is 1.05 bits per heavy atom. The Morgan fingerprint density at radius 3 is 2.46 bits per heavy atom. The third-order valence-corrected chi connectivity index (χ3v) is 9.02. The molecule has 0 N–H and O–H groups in total. The zero-order valence-corrected chi connectivity index (χ0v) is 20.6. The van der Waals surface area contributed by atoms with E-state index in [0.29, 0.717) is 37.0 Å². The summed E-state index contributed by atoms with van der Waals surface area (Å²) in [7, 11) is 2.90. The zero-order chi connectivity index (χ0) is 25.9. The molecule has 4 aliphatic carbocycles. The third-order valence-electron chi connectivity index (χ3n) is 9.02. The van der Waals surface area contributed by atoms with Crippen molar-refractivity contribution in [3.63, 3.8) is 0 Å². The molecule has 3 aromatic rings. The minimum absolute atomic E-state index is 0.0742. The van der Waals surface area contributed by atoms with Crippen LogP contribution in [0.1, 0.15) is 80.1 Å². The fourth-order valence-corrected chi connectivity index (χ4v) is 6.72. The molecule has 0 amide bonds. The minimum atomic E-state index is -4.28. The van der Waals surface area contributed by atoms with Crippen molar-refractivity contribution in [1.82, 2.24) is 28.9 Å². The highest BCUT2D eigenvalue weighted by Gasteiger charge is 2.79. The van der Waals surface area contributed by atoms with Crippen LogP contribution in [0, 0.1) is 5.41 Å². The van der Waals surface area contributed by atoms with Gasteiger partial charge in [0.1, 0.15) is 5.82 Å². The van der Waals surface area contributed by atoms with Gasteiger partial charge in [0.25, 0.3) is 5.56 Å². The van der Waals surface area contributed by atoms with Gasteiger partial charge in [-0.15, -0.1) is 0 Å². The Labute approximate surface area is 209 Å². The lowest BCUT2D eigenvalue weighted by Crippen LogP contribution is -2.70. The Kier molecular flexibility index (Phi) is 4.56. The molecule has 1 saturated heterocycles. The number of ether oxygens (including phenoxy) is 1. The highest BCUT2D eigenvalue weighted by Crippen LogP contribution is 2.78. The van der Waals surface area contributed by atoms with E-state index in [9.17, 15) is 22.8 Å². The highest BCUT2D eigenvalue weighted by molar-refractivity contribution is 5.78. The number of hydrogen-bond donors (Lipinski definition) is 0. The largest absolute Gasteiger partial charge is 0.394 e. The second kappa shape index (κ2) is 7.30. The lowest BCUT2D eigenvalue weighted by molar-refractivity contribution is -0.337. The molecule has 5 aliphatic rings. The Bertz CT molecular complexity index is 1550. The summed E-state index contributed by atoms with van der Waals surface area (Å²) < 4.78 is 51.2. The lowest BCUT2D eigenvalue weighted by Gasteiger charge is -2.70. The molecule has 2 bridgehead atoms. The van der Waals surface area contributed by atoms with E-state index >= 15 is 0 Å². The van der Waals surface area contributed by atoms with Gasteiger partial charge >= 0.3 is 11.9 Å². The van der Waals surface area contributed by atoms with Crippen LogP contribution in [0.2, 0.25) is 0 Å². The molecule has 12 heteroatoms. The number of hydrogen-bond acceptors (Lipinski definition) is 6. The summed E-state index contributed by atoms with van der Waals surface area (Å²) >= 11 is 0. The average molecular weight is 517 g/mol. The van der Waals surface area contributed by atoms with Gasteiger partial charge in [0.05, 0.1) is 35.0 Å². The van der Waals surface area contributed by atoms with Crippen LogP contribution in [0.15, 0.2) is 22.0 Å². The summed E-state index contributed by atoms with van der Waals surface area (Å²) in [5.74, 6) is 0.295. The number of fused-ring (bicyclic) bond motifs is 1. The van der Waals surface area contributed by atoms with E-state index in [0.717, 1.165) is 23.0 Å². The summed E-state index contributed by atoms with van der Waals surface area (Å²) in [6.45, 7) is 0.467. The molecule has 2 atom stereocenters. The van der Waals surface area contributed by atoms with E-state index in [4.69, 9.17) is 9.72 Å². The first-order valence-electron chi connectivity index (χ1n) is 12.7. The predicted octanol–water partition coefficient (Wildman–Crippen LogP) is 3.18. The highest BCUT2D eigenvalue weighted by atomic mass is 19.4. The Balaban J connectivity index is 1.30. The molecule has 0 unspecified atom stereocenters. The molecular weight excluding hydrogens is 489 g/mol. The van der Waals surface area contributed by atoms with Gasteiger partial charge < -0.3 is 4.74 Å². The van der Waals surface area contributed by atoms with Crippen molar-refractivity contribution >= 4 is 11.0 Å². The van der Waals surface area contributed by atoms with Gasteiger partial charge in [-0.3, -0.25) is 18.6 Å². The monoisotopic (exact) mass is 516 g/mol. The van der Waals surface area contributed by atoms with Crippen molar-refractivity contribution in [1.29, 1.82) is 0 Å². The van der Waals surface area contributed by atoms with E-state index in [2.05, 4.69) is 10.1 Å². The summed E-state index contributed by atoms with van der Waals surface area (Å²) in [6, 6.07) is 0.454. The molecule has 1 aliphatic heterocycles. The van der Waals surface area contributed by atoms with E-state index in [1.807, 2.05) is 17.1 Å². The molecule has 0 aromatic carbocycles. The molecule has 37 heavy (non-hydrogen) atoms. The van der Waals surface area contributed by atoms with Crippen LogP contribution in [-0.4, -0.2) is 41.7 Å². The standard InChI is InChI=1S/C25H27F3N6O3/c1-32-18-17(21(35)33(2)22(32)36)30-20(31-19(18)23-10-24(11-23,12-23)25(26,27)28)13-5-6-37-16(7-13)14-8-29-34(9-14)15-3-4-15/h8-9,13,15-16H,3-7,10-12H2,1-2H3/t13-,16+,23?,24?/m1/s1. The van der Waals surface area contributed by atoms with Crippen LogP contribution in [0.3, 0.4) is 0 Å². The van der Waals surface area contributed by atoms with Crippen LogP contribution >= 0.6 is 0 Å². The van der Waals surface area contributed by atoms with E-state index < -0.39 is 28.3 Å². The van der Waals surface area contributed by atoms with Crippen molar-refractivity contribution in [2.75, 3.05) is 6.61 Å². The second-order valence-corrected chi connectivity index (χ2v) is 11.5. The van der Waals surface area contributed by atoms with Crippen molar-refractivity contribution in [3.8, 4) is 0 Å². The fourth-order valence-electron chi connectivity index (χ4n) is 6.72. The van der Waals surface area contributed by atoms with E-state index in [-0.39, 0.29) is 42.3 Å². The van der Waals surface area contributed by atoms with Gasteiger partial charge in [-0.05, 0) is 44.9 Å². The number of nitrogens with zero attached hydrogens (tertiary/aromatic N) is 6. The van der Waals surface area contributed by atoms with Crippen LogP contribution in [0.25, 0.3) is 11.0 Å². The first-order chi connectivity index (χ1) is 17.5. The SMILES string of the molecule is Cn1c(=O)c2nc([C@@H]3CCO[C@H](c4cnn(C5CC5)c4)C3)nc(C34CC(C(F)(F)F)(C3)C4)c2n(C)c1=O. The molecule has 4 heterocycles. The van der Waals surface area contributed by atoms with Crippen LogP contribution in [0.5, 0.6) is 0 Å². The van der Waals surface area contributed by atoms with Gasteiger partial charge in [-0.25, -0.2) is 14.8 Å². The maximum Gasteiger partial charge on any atom is 0.394 e. The average Bonchev–Trinajstić information content (AvgIpc) is 3.54. The maximum atomic E-state index is 13.7. The van der Waals surface area contributed by atoms with Gasteiger partial charge in [-0.1, -0.05) is 0 Å². The van der Waals surface area contributed by atoms with Gasteiger partial charge in [0.15, 0.2) is 5.52 Å². The van der Waals surface area contributed by atoms with Crippen LogP contribution in [0.4, 0.5) is 13.2 Å². The second-order valence-electron chi connectivity index (χ2n) is 11.5. The molecule has 196 valence electrons. The third kappa shape index (κ3) is 3.17. The Hall–Kier alpha value is -3.02. The van der Waals surface area contributed by atoms with Crippen molar-refractivity contribution in [2.24, 2.45) is 19.5 Å². The van der Waals surface area contributed by atoms with Gasteiger partial charge in [-0.2, -0.15) is 18.3 Å². The first-order valence-corrected chi connectivity index (χ1v) is 12.7. The molecule has 0 spiro atoms. The molecule has 5 fully saturated rings. The van der Waals surface area contributed by atoms with E-state index in [1.54, 1.807) is 0 Å². The van der Waals surface area contributed by atoms with Crippen molar-refractivity contribution in [2.45, 2.75) is 74.6 Å². The van der Waals surface area contributed by atoms with Crippen LogP contribution in [-0.2, 0) is 24.2 Å². The molecule has 0 radical (unpaired) electrons. The van der Waals surface area contributed by atoms with Gasteiger partial charge in [0.2, 0.25) is 0 Å². The summed E-state index contributed by atoms with van der Waals surface area (Å²) in [6.07, 6.45) is 2.58. The smallest absolute Gasteiger partial charge is 0.373 e. The zero-order valence-electron chi connectivity index (χ0n) is 20.6. The quantitative estimate of drug-likeness (QED) is 0.529. The normalized spacial score (nSPS) is 31.3. The number of alkyl halides is 3. The summed E-state index contributed by atoms with van der Waals surface area (Å²) in [5, 5.41) is 4.47. The molecular formula is C25H27F3N6O3. The number of aromatic nitrogens is 6. The number of rotatable bonds is 4. The predicted molar refractivity (Wildman–Crippen MR) is 125 cm³/mol. The Morgan fingerprint density at radius 2 is 1.78 bits per heavy atom. The molecule has 9 nitrogen and oxygen atoms in total. The number of halogens is 3. The first kappa shape index (κ1) is 23.1. The maximum absolute atomic E-state index is 13.7. The number of aryl methyl sites for hydroxylation is 1. The topological polar surface area (TPSA) is 96.8 Å². The van der Waals surface area contributed by atoms with Crippen molar-refractivity contribution < 1.29 is 17.9 Å². The van der Waals surface area contributed by atoms with Crippen LogP contribution < -0.4 is 11.2 Å². The minimum Gasteiger partial charge on any atom is -0.373 e. The molecule has 3 aromatic heterocycles. The summed E-state index contributed by atoms with van der Waals surface area (Å²) in [4.78, 5) is 35.4. The van der Waals surface area contributed by atoms with E-state index in [1.165, 1.54) is 18.7 Å². The summed E-state index contributed by atoms with van der Waals surface area (Å²) in [5.41, 5.74) is -1.88. The molecule has 4 saturated carbocycles. The van der Waals surface area contributed by atoms with Crippen molar-refractivity contribution in [3.05, 3.63) is 50.3 Å². The molecule has 8 rings (SSSR count). The lowest BCUT2D eigenvalue weighted by atomic mass is 9.34. The van der Waals surface area contributed by atoms with Gasteiger partial charge in [0, 0.05) is 43.8 Å². The fraction of sp³-hybridized carbons (Fsp3) is 0.640.